The zero-order valence-corrected chi connectivity index (χ0v) is 15.0. The Labute approximate surface area is 154 Å². The summed E-state index contributed by atoms with van der Waals surface area (Å²) in [5.41, 5.74) is -0.991. The van der Waals surface area contributed by atoms with E-state index in [1.54, 1.807) is 12.1 Å². The van der Waals surface area contributed by atoms with E-state index in [-0.39, 0.29) is 25.9 Å². The van der Waals surface area contributed by atoms with Crippen molar-refractivity contribution >= 4 is 26.8 Å². The Morgan fingerprint density at radius 3 is 2.56 bits per heavy atom. The number of methoxy groups -OCH3 is 1. The summed E-state index contributed by atoms with van der Waals surface area (Å²) in [5, 5.41) is 12.7. The van der Waals surface area contributed by atoms with E-state index in [9.17, 15) is 23.3 Å². The summed E-state index contributed by atoms with van der Waals surface area (Å²) in [6.45, 7) is 0. The number of carbonyl (C=O) groups is 1. The molecule has 0 spiro atoms. The van der Waals surface area contributed by atoms with Crippen molar-refractivity contribution in [3.05, 3.63) is 75.9 Å². The summed E-state index contributed by atoms with van der Waals surface area (Å²) in [5.74, 6) is -2.35. The van der Waals surface area contributed by atoms with Gasteiger partial charge < -0.3 is 14.7 Å². The van der Waals surface area contributed by atoms with E-state index in [1.807, 2.05) is 0 Å². The summed E-state index contributed by atoms with van der Waals surface area (Å²) in [6.07, 6.45) is 1.44. The molecule has 0 aliphatic carbocycles. The van der Waals surface area contributed by atoms with E-state index >= 15 is 0 Å². The molecule has 0 N–H and O–H groups in total. The number of hydrogen-bond donors (Lipinski definition) is 0. The first-order valence-electron chi connectivity index (χ1n) is 7.79. The van der Waals surface area contributed by atoms with E-state index in [4.69, 9.17) is 0 Å². The molecule has 0 atom stereocenters. The van der Waals surface area contributed by atoms with Crippen LogP contribution in [0.15, 0.2) is 48.7 Å². The highest BCUT2D eigenvalue weighted by molar-refractivity contribution is 7.89. The molecule has 0 saturated heterocycles. The smallest absolute Gasteiger partial charge is 0.410 e. The molecule has 2 aromatic heterocycles. The van der Waals surface area contributed by atoms with Gasteiger partial charge in [0.25, 0.3) is 5.52 Å². The van der Waals surface area contributed by atoms with Crippen LogP contribution in [-0.2, 0) is 26.1 Å². The van der Waals surface area contributed by atoms with Gasteiger partial charge in [-0.25, -0.2) is 13.2 Å². The first-order chi connectivity index (χ1) is 12.8. The Balaban J connectivity index is 2.16. The van der Waals surface area contributed by atoms with E-state index in [1.165, 1.54) is 36.5 Å². The Morgan fingerprint density at radius 1 is 1.19 bits per heavy atom. The number of rotatable bonds is 5. The first-order valence-corrected chi connectivity index (χ1v) is 9.61. The minimum Gasteiger partial charge on any atom is -0.805 e. The molecule has 3 aromatic rings. The molecule has 0 aliphatic heterocycles. The first kappa shape index (κ1) is 18.5. The molecule has 1 aromatic carbocycles. The van der Waals surface area contributed by atoms with Crippen LogP contribution in [0, 0.1) is 10.1 Å². The molecule has 0 unspecified atom stereocenters. The van der Waals surface area contributed by atoms with Crippen LogP contribution in [0.4, 0.5) is 0 Å². The highest BCUT2D eigenvalue weighted by Gasteiger charge is 2.32. The fraction of sp³-hybridized carbons (Fsp3) is 0.176. The Hall–Kier alpha value is -3.27. The molecule has 0 radical (unpaired) electrons. The largest absolute Gasteiger partial charge is 0.805 e. The third-order valence-electron chi connectivity index (χ3n) is 3.87. The van der Waals surface area contributed by atoms with Crippen molar-refractivity contribution in [3.8, 4) is 0 Å². The van der Waals surface area contributed by atoms with Gasteiger partial charge in [0.15, 0.2) is 9.84 Å². The summed E-state index contributed by atoms with van der Waals surface area (Å²) >= 11 is 0. The zero-order valence-electron chi connectivity index (χ0n) is 14.2. The molecular weight excluding hydrogens is 374 g/mol. The lowest BCUT2D eigenvalue weighted by atomic mass is 10.2. The molecule has 10 heteroatoms. The number of ether oxygens (including phenoxy) is 1. The van der Waals surface area contributed by atoms with Crippen LogP contribution in [-0.4, -0.2) is 31.2 Å². The minimum absolute atomic E-state index is 0.0526. The topological polar surface area (TPSA) is 124 Å². The van der Waals surface area contributed by atoms with Crippen molar-refractivity contribution < 1.29 is 22.4 Å². The number of pyridine rings is 1. The molecule has 0 bridgehead atoms. The fourth-order valence-corrected chi connectivity index (χ4v) is 4.07. The predicted octanol–water partition coefficient (Wildman–Crippen LogP) is 1.20. The second kappa shape index (κ2) is 7.16. The molecule has 140 valence electrons. The van der Waals surface area contributed by atoms with Crippen LogP contribution < -0.4 is 4.43 Å². The van der Waals surface area contributed by atoms with Crippen LogP contribution in [0.2, 0.25) is 0 Å². The normalized spacial score (nSPS) is 11.4. The lowest BCUT2D eigenvalue weighted by Gasteiger charge is -2.18. The molecule has 0 fully saturated rings. The molecule has 0 amide bonds. The van der Waals surface area contributed by atoms with Gasteiger partial charge in [-0.3, -0.25) is 4.98 Å². The highest BCUT2D eigenvalue weighted by Crippen LogP contribution is 2.19. The SMILES string of the molecule is COC(=O)c1c(CS(=O)(=O)Cc2ccccn2)n([O-])c2ccccc2[n+]1=O. The van der Waals surface area contributed by atoms with Gasteiger partial charge in [0.1, 0.15) is 11.2 Å². The van der Waals surface area contributed by atoms with Crippen LogP contribution in [0.5, 0.6) is 0 Å². The number of para-hydroxylation sites is 2. The van der Waals surface area contributed by atoms with Gasteiger partial charge in [-0.2, -0.15) is 0 Å². The Kier molecular flexibility index (Phi) is 4.91. The van der Waals surface area contributed by atoms with Gasteiger partial charge in [-0.15, -0.1) is 0 Å². The van der Waals surface area contributed by atoms with Gasteiger partial charge in [-0.05, 0) is 18.2 Å². The van der Waals surface area contributed by atoms with Crippen molar-refractivity contribution in [1.29, 1.82) is 0 Å². The zero-order chi connectivity index (χ0) is 19.6. The summed E-state index contributed by atoms with van der Waals surface area (Å²) in [6, 6.07) is 10.6. The van der Waals surface area contributed by atoms with Gasteiger partial charge in [0.05, 0.1) is 28.7 Å². The molecule has 3 rings (SSSR count). The number of fused-ring (bicyclic) bond motifs is 1. The lowest BCUT2D eigenvalue weighted by Crippen LogP contribution is -2.33. The number of sulfone groups is 1. The molecule has 0 aliphatic rings. The van der Waals surface area contributed by atoms with E-state index < -0.39 is 38.7 Å². The average Bonchev–Trinajstić information content (AvgIpc) is 2.66. The maximum Gasteiger partial charge on any atom is 0.410 e. The molecule has 9 nitrogen and oxygen atoms in total. The Morgan fingerprint density at radius 2 is 1.89 bits per heavy atom. The summed E-state index contributed by atoms with van der Waals surface area (Å²) in [7, 11) is -2.86. The molecule has 2 heterocycles. The number of carbonyl (C=O) groups excluding carboxylic acids is 1. The second-order valence-electron chi connectivity index (χ2n) is 5.72. The highest BCUT2D eigenvalue weighted by atomic mass is 32.2. The average molecular weight is 389 g/mol. The van der Waals surface area contributed by atoms with Crippen LogP contribution in [0.1, 0.15) is 21.9 Å². The molecule has 27 heavy (non-hydrogen) atoms. The van der Waals surface area contributed by atoms with Gasteiger partial charge in [0.2, 0.25) is 0 Å². The molecular formula is C17H15N3O6S. The van der Waals surface area contributed by atoms with E-state index in [0.717, 1.165) is 7.11 Å². The lowest BCUT2D eigenvalue weighted by molar-refractivity contribution is -0.469. The fourth-order valence-electron chi connectivity index (χ4n) is 2.68. The van der Waals surface area contributed by atoms with Gasteiger partial charge >= 0.3 is 11.7 Å². The Bertz CT molecular complexity index is 1170. The molecule has 0 saturated carbocycles. The van der Waals surface area contributed by atoms with Crippen molar-refractivity contribution in [2.24, 2.45) is 0 Å². The van der Waals surface area contributed by atoms with Gasteiger partial charge in [0, 0.05) is 17.2 Å². The number of esters is 1. The third-order valence-corrected chi connectivity index (χ3v) is 5.32. The van der Waals surface area contributed by atoms with Crippen molar-refractivity contribution in [3.63, 3.8) is 0 Å². The van der Waals surface area contributed by atoms with Crippen molar-refractivity contribution in [2.75, 3.05) is 7.11 Å². The van der Waals surface area contributed by atoms with Crippen molar-refractivity contribution in [1.82, 2.24) is 9.71 Å². The number of hydrogen-bond acceptors (Lipinski definition) is 7. The summed E-state index contributed by atoms with van der Waals surface area (Å²) < 4.78 is 30.2. The predicted molar refractivity (Wildman–Crippen MR) is 96.0 cm³/mol. The number of nitrogens with zero attached hydrogens (tertiary/aromatic N) is 3. The van der Waals surface area contributed by atoms with Crippen molar-refractivity contribution in [2.45, 2.75) is 11.5 Å². The number of benzene rings is 1. The second-order valence-corrected chi connectivity index (χ2v) is 7.78. The van der Waals surface area contributed by atoms with E-state index in [2.05, 4.69) is 9.72 Å². The minimum atomic E-state index is -3.90. The van der Waals surface area contributed by atoms with Crippen LogP contribution >= 0.6 is 0 Å². The number of aromatic nitrogens is 3. The third kappa shape index (κ3) is 3.65. The van der Waals surface area contributed by atoms with Crippen LogP contribution in [0.25, 0.3) is 11.0 Å². The van der Waals surface area contributed by atoms with Gasteiger partial charge in [-0.1, -0.05) is 18.2 Å². The summed E-state index contributed by atoms with van der Waals surface area (Å²) in [4.78, 5) is 28.6. The quantitative estimate of drug-likeness (QED) is 0.474. The van der Waals surface area contributed by atoms with E-state index in [0.29, 0.717) is 0 Å². The maximum absolute atomic E-state index is 12.7. The van der Waals surface area contributed by atoms with Crippen LogP contribution in [0.3, 0.4) is 0 Å². The maximum atomic E-state index is 12.7. The standard InChI is InChI=1S/C17H15N3O6S/c1-26-17(21)16-15(11-27(24,25)10-12-6-4-5-9-18-12)19(22)13-7-2-3-8-14(13)20(16)23/h2-9H,10-11H2,1H3. The monoisotopic (exact) mass is 389 g/mol.